The van der Waals surface area contributed by atoms with Gasteiger partial charge in [-0.1, -0.05) is 12.8 Å². The lowest BCUT2D eigenvalue weighted by molar-refractivity contribution is -0.148. The number of fused-ring (bicyclic) bond motifs is 3. The molecule has 1 unspecified atom stereocenters. The van der Waals surface area contributed by atoms with Crippen molar-refractivity contribution in [1.29, 1.82) is 0 Å². The number of hydrogen-bond donors (Lipinski definition) is 1. The second kappa shape index (κ2) is 5.72. The van der Waals surface area contributed by atoms with Gasteiger partial charge in [-0.05, 0) is 44.9 Å². The Balaban J connectivity index is 1.76. The maximum absolute atomic E-state index is 12.1. The van der Waals surface area contributed by atoms with E-state index in [1.165, 1.54) is 25.7 Å². The summed E-state index contributed by atoms with van der Waals surface area (Å²) >= 11 is 0. The highest BCUT2D eigenvalue weighted by molar-refractivity contribution is 5.83. The molecular weight excluding hydrogens is 230 g/mol. The fourth-order valence-corrected chi connectivity index (χ4v) is 3.29. The molecule has 3 aliphatic rings. The Bertz CT molecular complexity index is 319. The summed E-state index contributed by atoms with van der Waals surface area (Å²) in [5.41, 5.74) is 0. The summed E-state index contributed by atoms with van der Waals surface area (Å²) in [6, 6.07) is 0. The van der Waals surface area contributed by atoms with Gasteiger partial charge in [0.05, 0.1) is 6.10 Å². The zero-order valence-electron chi connectivity index (χ0n) is 11.3. The van der Waals surface area contributed by atoms with Crippen LogP contribution in [0.1, 0.15) is 46.0 Å². The maximum Gasteiger partial charge on any atom is 0.325 e. The van der Waals surface area contributed by atoms with Crippen molar-refractivity contribution in [3.63, 3.8) is 0 Å². The molecule has 0 aromatic heterocycles. The van der Waals surface area contributed by atoms with E-state index >= 15 is 0 Å². The van der Waals surface area contributed by atoms with Crippen LogP contribution in [0.25, 0.3) is 0 Å². The Labute approximate surface area is 108 Å². The first-order valence-electron chi connectivity index (χ1n) is 7.03. The van der Waals surface area contributed by atoms with Gasteiger partial charge in [0.25, 0.3) is 0 Å². The van der Waals surface area contributed by atoms with Gasteiger partial charge in [0.15, 0.2) is 0 Å². The first kappa shape index (κ1) is 13.4. The minimum absolute atomic E-state index is 0.00486. The third-order valence-electron chi connectivity index (χ3n) is 4.16. The van der Waals surface area contributed by atoms with Crippen LogP contribution in [0.2, 0.25) is 0 Å². The summed E-state index contributed by atoms with van der Waals surface area (Å²) in [6.07, 6.45) is 5.81. The Kier molecular flexibility index (Phi) is 4.25. The third-order valence-corrected chi connectivity index (χ3v) is 4.16. The second-order valence-corrected chi connectivity index (χ2v) is 5.88. The topological polar surface area (TPSA) is 55.4 Å². The molecule has 3 aliphatic carbocycles. The van der Waals surface area contributed by atoms with Crippen LogP contribution < -0.4 is 5.32 Å². The minimum atomic E-state index is -0.348. The number of esters is 1. The molecule has 3 rings (SSSR count). The number of hydrogen-bond acceptors (Lipinski definition) is 3. The van der Waals surface area contributed by atoms with Gasteiger partial charge in [0, 0.05) is 5.92 Å². The van der Waals surface area contributed by atoms with Crippen LogP contribution >= 0.6 is 0 Å². The number of carbonyl (C=O) groups excluding carboxylic acids is 2. The number of nitrogens with one attached hydrogen (secondary N) is 1. The van der Waals surface area contributed by atoms with E-state index in [-0.39, 0.29) is 30.4 Å². The highest BCUT2D eigenvalue weighted by Crippen LogP contribution is 2.44. The largest absolute Gasteiger partial charge is 0.462 e. The SMILES string of the molecule is CC(C)OC(=O)CNC(=O)C1CC2CCC1CC2. The third kappa shape index (κ3) is 3.24. The van der Waals surface area contributed by atoms with Crippen molar-refractivity contribution in [2.24, 2.45) is 17.8 Å². The van der Waals surface area contributed by atoms with E-state index < -0.39 is 0 Å². The number of rotatable bonds is 4. The van der Waals surface area contributed by atoms with Gasteiger partial charge in [-0.25, -0.2) is 0 Å². The Morgan fingerprint density at radius 1 is 1.22 bits per heavy atom. The van der Waals surface area contributed by atoms with E-state index in [1.807, 2.05) is 0 Å². The van der Waals surface area contributed by atoms with Gasteiger partial charge in [0.2, 0.25) is 5.91 Å². The van der Waals surface area contributed by atoms with Crippen molar-refractivity contribution >= 4 is 11.9 Å². The highest BCUT2D eigenvalue weighted by Gasteiger charge is 2.39. The minimum Gasteiger partial charge on any atom is -0.462 e. The second-order valence-electron chi connectivity index (χ2n) is 5.88. The average Bonchev–Trinajstić information content (AvgIpc) is 2.36. The summed E-state index contributed by atoms with van der Waals surface area (Å²) in [5, 5.41) is 2.73. The lowest BCUT2D eigenvalue weighted by atomic mass is 9.64. The van der Waals surface area contributed by atoms with Crippen LogP contribution in [0.4, 0.5) is 0 Å². The molecule has 0 saturated heterocycles. The van der Waals surface area contributed by atoms with E-state index in [2.05, 4.69) is 5.32 Å². The molecule has 1 N–H and O–H groups in total. The molecule has 102 valence electrons. The normalized spacial score (nSPS) is 30.3. The number of amides is 1. The first-order chi connectivity index (χ1) is 8.56. The predicted molar refractivity (Wildman–Crippen MR) is 67.8 cm³/mol. The van der Waals surface area contributed by atoms with Crippen molar-refractivity contribution < 1.29 is 14.3 Å². The molecule has 1 atom stereocenters. The van der Waals surface area contributed by atoms with Gasteiger partial charge < -0.3 is 10.1 Å². The Morgan fingerprint density at radius 3 is 2.39 bits per heavy atom. The maximum atomic E-state index is 12.1. The molecule has 4 nitrogen and oxygen atoms in total. The van der Waals surface area contributed by atoms with Gasteiger partial charge in [0.1, 0.15) is 6.54 Å². The van der Waals surface area contributed by atoms with Gasteiger partial charge >= 0.3 is 5.97 Å². The fraction of sp³-hybridized carbons (Fsp3) is 0.857. The average molecular weight is 253 g/mol. The zero-order valence-corrected chi connectivity index (χ0v) is 11.3. The van der Waals surface area contributed by atoms with Crippen LogP contribution in [0.15, 0.2) is 0 Å². The van der Waals surface area contributed by atoms with Crippen LogP contribution in [0.5, 0.6) is 0 Å². The Morgan fingerprint density at radius 2 is 1.89 bits per heavy atom. The van der Waals surface area contributed by atoms with Crippen molar-refractivity contribution in [2.75, 3.05) is 6.54 Å². The standard InChI is InChI=1S/C14H23NO3/c1-9(2)18-13(16)8-15-14(17)12-7-10-3-5-11(12)6-4-10/h9-12H,3-8H2,1-2H3,(H,15,17). The molecule has 0 radical (unpaired) electrons. The molecule has 1 amide bonds. The summed E-state index contributed by atoms with van der Waals surface area (Å²) in [5.74, 6) is 1.10. The molecule has 0 spiro atoms. The molecule has 4 heteroatoms. The predicted octanol–water partition coefficient (Wildman–Crippen LogP) is 1.88. The molecule has 0 aliphatic heterocycles. The summed E-state index contributed by atoms with van der Waals surface area (Å²) < 4.78 is 5.00. The summed E-state index contributed by atoms with van der Waals surface area (Å²) in [7, 11) is 0. The quantitative estimate of drug-likeness (QED) is 0.778. The smallest absolute Gasteiger partial charge is 0.325 e. The first-order valence-corrected chi connectivity index (χ1v) is 7.03. The zero-order chi connectivity index (χ0) is 13.1. The van der Waals surface area contributed by atoms with Crippen LogP contribution in [-0.2, 0) is 14.3 Å². The molecular formula is C14H23NO3. The van der Waals surface area contributed by atoms with Crippen LogP contribution in [0, 0.1) is 17.8 Å². The summed E-state index contributed by atoms with van der Waals surface area (Å²) in [4.78, 5) is 23.4. The molecule has 3 saturated carbocycles. The molecule has 2 bridgehead atoms. The molecule has 3 fully saturated rings. The van der Waals surface area contributed by atoms with Gasteiger partial charge in [-0.15, -0.1) is 0 Å². The lowest BCUT2D eigenvalue weighted by Crippen LogP contribution is -2.43. The van der Waals surface area contributed by atoms with E-state index in [0.717, 1.165) is 12.3 Å². The Hall–Kier alpha value is -1.06. The van der Waals surface area contributed by atoms with E-state index in [9.17, 15) is 9.59 Å². The van der Waals surface area contributed by atoms with Crippen molar-refractivity contribution in [1.82, 2.24) is 5.32 Å². The van der Waals surface area contributed by atoms with Gasteiger partial charge in [-0.3, -0.25) is 9.59 Å². The molecule has 18 heavy (non-hydrogen) atoms. The molecule has 0 heterocycles. The van der Waals surface area contributed by atoms with E-state index in [0.29, 0.717) is 5.92 Å². The van der Waals surface area contributed by atoms with E-state index in [1.54, 1.807) is 13.8 Å². The van der Waals surface area contributed by atoms with Crippen LogP contribution in [-0.4, -0.2) is 24.5 Å². The highest BCUT2D eigenvalue weighted by atomic mass is 16.5. The van der Waals surface area contributed by atoms with Crippen molar-refractivity contribution in [2.45, 2.75) is 52.1 Å². The van der Waals surface area contributed by atoms with E-state index in [4.69, 9.17) is 4.74 Å². The molecule has 0 aromatic rings. The van der Waals surface area contributed by atoms with Crippen molar-refractivity contribution in [3.05, 3.63) is 0 Å². The number of ether oxygens (including phenoxy) is 1. The van der Waals surface area contributed by atoms with Crippen molar-refractivity contribution in [3.8, 4) is 0 Å². The summed E-state index contributed by atoms with van der Waals surface area (Å²) in [6.45, 7) is 3.62. The van der Waals surface area contributed by atoms with Crippen LogP contribution in [0.3, 0.4) is 0 Å². The lowest BCUT2D eigenvalue weighted by Gasteiger charge is -2.41. The monoisotopic (exact) mass is 253 g/mol. The van der Waals surface area contributed by atoms with Gasteiger partial charge in [-0.2, -0.15) is 0 Å². The number of carbonyl (C=O) groups is 2. The molecule has 0 aromatic carbocycles. The fourth-order valence-electron chi connectivity index (χ4n) is 3.29.